The first-order chi connectivity index (χ1) is 8.66. The van der Waals surface area contributed by atoms with Crippen molar-refractivity contribution in [2.45, 2.75) is 52.1 Å². The lowest BCUT2D eigenvalue weighted by molar-refractivity contribution is 0.591. The van der Waals surface area contributed by atoms with E-state index in [-0.39, 0.29) is 0 Å². The van der Waals surface area contributed by atoms with Crippen LogP contribution >= 0.6 is 11.3 Å². The molecule has 2 heteroatoms. The first-order valence-electron chi connectivity index (χ1n) is 6.91. The minimum atomic E-state index is 0.559. The monoisotopic (exact) mass is 259 g/mol. The van der Waals surface area contributed by atoms with Crippen LogP contribution in [0.5, 0.6) is 0 Å². The Labute approximate surface area is 113 Å². The summed E-state index contributed by atoms with van der Waals surface area (Å²) in [6, 6.07) is 7.31. The van der Waals surface area contributed by atoms with E-state index in [0.717, 1.165) is 12.5 Å². The van der Waals surface area contributed by atoms with Gasteiger partial charge >= 0.3 is 0 Å². The predicted octanol–water partition coefficient (Wildman–Crippen LogP) is 4.59. The van der Waals surface area contributed by atoms with Crippen LogP contribution in [-0.4, -0.2) is 6.04 Å². The number of nitrogens with one attached hydrogen (secondary N) is 1. The molecule has 0 spiro atoms. The van der Waals surface area contributed by atoms with Gasteiger partial charge in [-0.3, -0.25) is 0 Å². The number of hydrogen-bond donors (Lipinski definition) is 1. The van der Waals surface area contributed by atoms with Gasteiger partial charge in [-0.25, -0.2) is 0 Å². The first kappa shape index (κ1) is 12.2. The van der Waals surface area contributed by atoms with Crippen molar-refractivity contribution in [3.8, 4) is 0 Å². The molecular formula is C16H21NS. The molecule has 18 heavy (non-hydrogen) atoms. The Kier molecular flexibility index (Phi) is 3.16. The van der Waals surface area contributed by atoms with Gasteiger partial charge in [0.15, 0.2) is 0 Å². The molecule has 0 atom stereocenters. The van der Waals surface area contributed by atoms with Crippen molar-refractivity contribution < 1.29 is 0 Å². The summed E-state index contributed by atoms with van der Waals surface area (Å²) in [6.45, 7) is 7.70. The Hall–Kier alpha value is -0.860. The van der Waals surface area contributed by atoms with E-state index in [1.807, 2.05) is 11.3 Å². The fourth-order valence-corrected chi connectivity index (χ4v) is 3.88. The van der Waals surface area contributed by atoms with Crippen molar-refractivity contribution in [1.29, 1.82) is 0 Å². The summed E-state index contributed by atoms with van der Waals surface area (Å²) in [4.78, 5) is 1.57. The lowest BCUT2D eigenvalue weighted by Gasteiger charge is -2.08. The Morgan fingerprint density at radius 3 is 2.78 bits per heavy atom. The molecule has 1 aliphatic rings. The summed E-state index contributed by atoms with van der Waals surface area (Å²) in [6.07, 6.45) is 2.77. The molecule has 1 heterocycles. The smallest absolute Gasteiger partial charge is 0.0378 e. The summed E-state index contributed by atoms with van der Waals surface area (Å²) in [5.41, 5.74) is 3.07. The number of aryl methyl sites for hydroxylation is 1. The molecule has 1 fully saturated rings. The van der Waals surface area contributed by atoms with Gasteiger partial charge in [0.25, 0.3) is 0 Å². The van der Waals surface area contributed by atoms with Crippen LogP contribution in [0.1, 0.15) is 48.6 Å². The van der Waals surface area contributed by atoms with E-state index in [0.29, 0.717) is 6.04 Å². The molecule has 0 unspecified atom stereocenters. The third-order valence-electron chi connectivity index (χ3n) is 3.68. The van der Waals surface area contributed by atoms with Crippen LogP contribution < -0.4 is 5.32 Å². The quantitative estimate of drug-likeness (QED) is 0.847. The summed E-state index contributed by atoms with van der Waals surface area (Å²) in [5, 5.41) is 5.09. The number of rotatable bonds is 4. The maximum absolute atomic E-state index is 3.58. The molecule has 2 aromatic rings. The van der Waals surface area contributed by atoms with Crippen molar-refractivity contribution in [2.24, 2.45) is 0 Å². The van der Waals surface area contributed by atoms with Crippen LogP contribution in [0.15, 0.2) is 18.2 Å². The van der Waals surface area contributed by atoms with E-state index in [1.54, 1.807) is 10.4 Å². The molecule has 1 saturated carbocycles. The zero-order chi connectivity index (χ0) is 12.7. The highest BCUT2D eigenvalue weighted by molar-refractivity contribution is 7.19. The maximum atomic E-state index is 3.58. The highest BCUT2D eigenvalue weighted by Crippen LogP contribution is 2.48. The Bertz CT molecular complexity index is 564. The van der Waals surface area contributed by atoms with E-state index in [4.69, 9.17) is 0 Å². The van der Waals surface area contributed by atoms with Crippen molar-refractivity contribution >= 4 is 21.4 Å². The molecule has 0 radical (unpaired) electrons. The molecule has 1 aromatic carbocycles. The van der Waals surface area contributed by atoms with Gasteiger partial charge in [-0.2, -0.15) is 0 Å². The van der Waals surface area contributed by atoms with Gasteiger partial charge in [0.1, 0.15) is 0 Å². The molecule has 0 amide bonds. The van der Waals surface area contributed by atoms with E-state index in [2.05, 4.69) is 44.3 Å². The second kappa shape index (κ2) is 4.67. The average molecular weight is 259 g/mol. The fourth-order valence-electron chi connectivity index (χ4n) is 2.58. The third kappa shape index (κ3) is 2.19. The topological polar surface area (TPSA) is 12.0 Å². The molecule has 0 saturated heterocycles. The molecule has 3 rings (SSSR count). The Balaban J connectivity index is 2.06. The van der Waals surface area contributed by atoms with Crippen LogP contribution in [0.25, 0.3) is 10.1 Å². The van der Waals surface area contributed by atoms with Gasteiger partial charge in [0.2, 0.25) is 0 Å². The predicted molar refractivity (Wildman–Crippen MR) is 80.5 cm³/mol. The minimum absolute atomic E-state index is 0.559. The third-order valence-corrected chi connectivity index (χ3v) is 5.04. The average Bonchev–Trinajstić information content (AvgIpc) is 3.08. The molecule has 1 N–H and O–H groups in total. The van der Waals surface area contributed by atoms with Gasteiger partial charge < -0.3 is 5.32 Å². The van der Waals surface area contributed by atoms with Crippen LogP contribution in [-0.2, 0) is 6.54 Å². The Morgan fingerprint density at radius 2 is 2.11 bits per heavy atom. The van der Waals surface area contributed by atoms with Crippen molar-refractivity contribution in [3.63, 3.8) is 0 Å². The van der Waals surface area contributed by atoms with E-state index in [1.165, 1.54) is 28.5 Å². The molecule has 1 aromatic heterocycles. The summed E-state index contributed by atoms with van der Waals surface area (Å²) < 4.78 is 1.50. The maximum Gasteiger partial charge on any atom is 0.0378 e. The lowest BCUT2D eigenvalue weighted by atomic mass is 10.0. The van der Waals surface area contributed by atoms with Gasteiger partial charge in [-0.1, -0.05) is 32.0 Å². The molecule has 0 bridgehead atoms. The molecule has 0 aliphatic heterocycles. The lowest BCUT2D eigenvalue weighted by Crippen LogP contribution is -2.21. The fraction of sp³-hybridized carbons (Fsp3) is 0.500. The van der Waals surface area contributed by atoms with E-state index in [9.17, 15) is 0 Å². The second-order valence-corrected chi connectivity index (χ2v) is 6.81. The zero-order valence-corrected chi connectivity index (χ0v) is 12.2. The standard InChI is InChI=1S/C16H21NS/c1-10(2)17-9-14-15(12-7-8-12)13-6-4-5-11(3)16(13)18-14/h4-6,10,12,17H,7-9H2,1-3H3. The summed E-state index contributed by atoms with van der Waals surface area (Å²) >= 11 is 2.00. The second-order valence-electron chi connectivity index (χ2n) is 5.70. The van der Waals surface area contributed by atoms with Crippen LogP contribution in [0.4, 0.5) is 0 Å². The molecule has 1 nitrogen and oxygen atoms in total. The molecule has 1 aliphatic carbocycles. The van der Waals surface area contributed by atoms with Gasteiger partial charge in [-0.05, 0) is 42.2 Å². The van der Waals surface area contributed by atoms with Crippen molar-refractivity contribution in [3.05, 3.63) is 34.2 Å². The summed E-state index contributed by atoms with van der Waals surface area (Å²) in [7, 11) is 0. The van der Waals surface area contributed by atoms with Gasteiger partial charge in [0, 0.05) is 22.2 Å². The number of fused-ring (bicyclic) bond motifs is 1. The molecule has 96 valence electrons. The number of thiophene rings is 1. The van der Waals surface area contributed by atoms with Gasteiger partial charge in [-0.15, -0.1) is 11.3 Å². The normalized spacial score (nSPS) is 15.8. The Morgan fingerprint density at radius 1 is 1.33 bits per heavy atom. The zero-order valence-electron chi connectivity index (χ0n) is 11.4. The van der Waals surface area contributed by atoms with Crippen molar-refractivity contribution in [1.82, 2.24) is 5.32 Å². The van der Waals surface area contributed by atoms with Gasteiger partial charge in [0.05, 0.1) is 0 Å². The highest BCUT2D eigenvalue weighted by atomic mass is 32.1. The number of benzene rings is 1. The van der Waals surface area contributed by atoms with E-state index < -0.39 is 0 Å². The van der Waals surface area contributed by atoms with Crippen LogP contribution in [0.3, 0.4) is 0 Å². The van der Waals surface area contributed by atoms with Crippen LogP contribution in [0.2, 0.25) is 0 Å². The van der Waals surface area contributed by atoms with E-state index >= 15 is 0 Å². The molecular weight excluding hydrogens is 238 g/mol. The minimum Gasteiger partial charge on any atom is -0.310 e. The highest BCUT2D eigenvalue weighted by Gasteiger charge is 2.29. The SMILES string of the molecule is Cc1cccc2c(C3CC3)c(CNC(C)C)sc12. The first-order valence-corrected chi connectivity index (χ1v) is 7.72. The largest absolute Gasteiger partial charge is 0.310 e. The number of hydrogen-bond acceptors (Lipinski definition) is 2. The van der Waals surface area contributed by atoms with Crippen molar-refractivity contribution in [2.75, 3.05) is 0 Å². The summed E-state index contributed by atoms with van der Waals surface area (Å²) in [5.74, 6) is 0.838. The van der Waals surface area contributed by atoms with Crippen LogP contribution in [0, 0.1) is 6.92 Å².